The number of fused-ring (bicyclic) bond motifs is 5. The fourth-order valence-corrected chi connectivity index (χ4v) is 9.94. The third kappa shape index (κ3) is 3.72. The van der Waals surface area contributed by atoms with Crippen LogP contribution in [0.25, 0.3) is 0 Å². The Morgan fingerprint density at radius 1 is 1.05 bits per heavy atom. The molecule has 2 heterocycles. The van der Waals surface area contributed by atoms with Crippen molar-refractivity contribution in [3.8, 4) is 0 Å². The van der Waals surface area contributed by atoms with Crippen LogP contribution in [-0.4, -0.2) is 86.6 Å². The smallest absolute Gasteiger partial charge is 0.331 e. The van der Waals surface area contributed by atoms with Gasteiger partial charge in [-0.2, -0.15) is 0 Å². The number of cyclic esters (lactones) is 1. The molecule has 9 heteroatoms. The SMILES string of the molecule is C[C@H]1O[C@@H](OC2CC[C@]3(CO)C4CC[C@]5(C)C(C6=CC(=O)OC6)CCC5(O)C4CCC3(O)C2)C[C@H](O)[C@@H]1O. The van der Waals surface area contributed by atoms with Crippen LogP contribution in [0, 0.1) is 28.6 Å². The number of carbonyl (C=O) groups is 1. The molecular weight excluding hydrogens is 492 g/mol. The van der Waals surface area contributed by atoms with Gasteiger partial charge in [0.2, 0.25) is 0 Å². The Hall–Kier alpha value is -1.07. The van der Waals surface area contributed by atoms with Gasteiger partial charge in [-0.05, 0) is 81.6 Å². The van der Waals surface area contributed by atoms with Crippen LogP contribution >= 0.6 is 0 Å². The summed E-state index contributed by atoms with van der Waals surface area (Å²) in [5, 5.41) is 55.6. The quantitative estimate of drug-likeness (QED) is 0.267. The first-order chi connectivity index (χ1) is 18.0. The van der Waals surface area contributed by atoms with E-state index in [4.69, 9.17) is 14.2 Å². The highest BCUT2D eigenvalue weighted by Gasteiger charge is 2.71. The predicted molar refractivity (Wildman–Crippen MR) is 134 cm³/mol. The first-order valence-electron chi connectivity index (χ1n) is 14.6. The lowest BCUT2D eigenvalue weighted by Gasteiger charge is -2.66. The maximum absolute atomic E-state index is 12.4. The molecule has 1 saturated heterocycles. The van der Waals surface area contributed by atoms with Crippen LogP contribution in [0.15, 0.2) is 11.6 Å². The van der Waals surface area contributed by atoms with Crippen molar-refractivity contribution in [2.45, 2.75) is 120 Å². The highest BCUT2D eigenvalue weighted by atomic mass is 16.7. The van der Waals surface area contributed by atoms with E-state index in [1.54, 1.807) is 13.0 Å². The normalized spacial score (nSPS) is 54.5. The summed E-state index contributed by atoms with van der Waals surface area (Å²) in [5.41, 5.74) is -2.15. The second-order valence-electron chi connectivity index (χ2n) is 13.5. The molecule has 4 saturated carbocycles. The van der Waals surface area contributed by atoms with Gasteiger partial charge in [-0.3, -0.25) is 0 Å². The topological polar surface area (TPSA) is 146 Å². The average Bonchev–Trinajstić information content (AvgIpc) is 3.41. The fraction of sp³-hybridized carbons (Fsp3) is 0.897. The molecule has 0 aromatic rings. The van der Waals surface area contributed by atoms with E-state index in [0.29, 0.717) is 45.1 Å². The highest BCUT2D eigenvalue weighted by Crippen LogP contribution is 2.70. The van der Waals surface area contributed by atoms with E-state index in [0.717, 1.165) is 24.8 Å². The molecule has 214 valence electrons. The molecular formula is C29H44O9. The number of hydrogen-bond acceptors (Lipinski definition) is 9. The Labute approximate surface area is 224 Å². The Morgan fingerprint density at radius 2 is 1.82 bits per heavy atom. The maximum atomic E-state index is 12.4. The molecule has 38 heavy (non-hydrogen) atoms. The molecule has 5 N–H and O–H groups in total. The lowest BCUT2D eigenvalue weighted by molar-refractivity contribution is -0.297. The van der Waals surface area contributed by atoms with Gasteiger partial charge in [-0.1, -0.05) is 6.92 Å². The number of aliphatic hydroxyl groups excluding tert-OH is 3. The zero-order valence-electron chi connectivity index (χ0n) is 22.6. The molecule has 4 aliphatic carbocycles. The average molecular weight is 537 g/mol. The second kappa shape index (κ2) is 9.23. The van der Waals surface area contributed by atoms with Crippen LogP contribution in [0.5, 0.6) is 0 Å². The van der Waals surface area contributed by atoms with Crippen LogP contribution in [0.4, 0.5) is 0 Å². The zero-order valence-corrected chi connectivity index (χ0v) is 22.6. The predicted octanol–water partition coefficient (Wildman–Crippen LogP) is 1.57. The number of carbonyl (C=O) groups excluding carboxylic acids is 1. The van der Waals surface area contributed by atoms with Crippen LogP contribution in [0.3, 0.4) is 0 Å². The molecule has 6 aliphatic rings. The molecule has 0 radical (unpaired) electrons. The summed E-state index contributed by atoms with van der Waals surface area (Å²) < 4.78 is 17.2. The third-order valence-corrected chi connectivity index (χ3v) is 12.1. The summed E-state index contributed by atoms with van der Waals surface area (Å²) in [6.45, 7) is 4.05. The Balaban J connectivity index is 1.21. The van der Waals surface area contributed by atoms with Gasteiger partial charge in [0.05, 0.1) is 36.1 Å². The summed E-state index contributed by atoms with van der Waals surface area (Å²) in [5.74, 6) is -0.245. The summed E-state index contributed by atoms with van der Waals surface area (Å²) in [6.07, 6.45) is 4.24. The van der Waals surface area contributed by atoms with Crippen molar-refractivity contribution in [1.82, 2.24) is 0 Å². The Morgan fingerprint density at radius 3 is 2.50 bits per heavy atom. The minimum absolute atomic E-state index is 0.0117. The van der Waals surface area contributed by atoms with Gasteiger partial charge in [0, 0.05) is 29.7 Å². The van der Waals surface area contributed by atoms with Crippen LogP contribution in [0.2, 0.25) is 0 Å². The van der Waals surface area contributed by atoms with Crippen molar-refractivity contribution in [1.29, 1.82) is 0 Å². The van der Waals surface area contributed by atoms with E-state index >= 15 is 0 Å². The molecule has 0 aromatic heterocycles. The molecule has 6 unspecified atom stereocenters. The number of aliphatic hydroxyl groups is 5. The van der Waals surface area contributed by atoms with Gasteiger partial charge in [0.15, 0.2) is 6.29 Å². The molecule has 9 nitrogen and oxygen atoms in total. The lowest BCUT2D eigenvalue weighted by Crippen LogP contribution is -2.69. The molecule has 0 spiro atoms. The standard InChI is InChI=1S/C29H44O9/c1-16-25(33)22(31)12-24(37-16)38-18-3-8-27(15-30)20-4-7-26(2)19(17-11-23(32)36-14-17)6-10-29(26,35)21(20)5-9-28(27,34)13-18/h11,16,18-22,24-25,30-31,33-35H,3-10,12-15H2,1-2H3/t16-,18?,19?,20?,21?,22+,24+,25-,26-,27+,28?,29?/m1/s1. The summed E-state index contributed by atoms with van der Waals surface area (Å²) in [4.78, 5) is 11.8. The van der Waals surface area contributed by atoms with Crippen LogP contribution < -0.4 is 0 Å². The van der Waals surface area contributed by atoms with Gasteiger partial charge in [-0.25, -0.2) is 4.79 Å². The van der Waals surface area contributed by atoms with E-state index in [1.165, 1.54) is 0 Å². The third-order valence-electron chi connectivity index (χ3n) is 12.1. The highest BCUT2D eigenvalue weighted by molar-refractivity contribution is 5.85. The van der Waals surface area contributed by atoms with Crippen molar-refractivity contribution in [3.63, 3.8) is 0 Å². The van der Waals surface area contributed by atoms with Crippen molar-refractivity contribution in [2.75, 3.05) is 13.2 Å². The van der Waals surface area contributed by atoms with Crippen molar-refractivity contribution >= 4 is 5.97 Å². The van der Waals surface area contributed by atoms with E-state index in [2.05, 4.69) is 6.92 Å². The molecule has 6 rings (SSSR count). The Kier molecular flexibility index (Phi) is 6.58. The van der Waals surface area contributed by atoms with Gasteiger partial charge in [-0.15, -0.1) is 0 Å². The molecule has 0 bridgehead atoms. The lowest BCUT2D eigenvalue weighted by atomic mass is 9.41. The van der Waals surface area contributed by atoms with E-state index in [1.807, 2.05) is 0 Å². The first-order valence-corrected chi connectivity index (χ1v) is 14.6. The first kappa shape index (κ1) is 27.1. The molecule has 5 fully saturated rings. The second-order valence-corrected chi connectivity index (χ2v) is 13.5. The van der Waals surface area contributed by atoms with E-state index in [-0.39, 0.29) is 48.3 Å². The number of rotatable bonds is 4. The van der Waals surface area contributed by atoms with Gasteiger partial charge in [0.1, 0.15) is 12.7 Å². The maximum Gasteiger partial charge on any atom is 0.331 e. The largest absolute Gasteiger partial charge is 0.458 e. The van der Waals surface area contributed by atoms with Gasteiger partial charge >= 0.3 is 5.97 Å². The van der Waals surface area contributed by atoms with Crippen molar-refractivity contribution < 1.29 is 44.5 Å². The number of ether oxygens (including phenoxy) is 3. The van der Waals surface area contributed by atoms with Crippen molar-refractivity contribution in [3.05, 3.63) is 11.6 Å². The monoisotopic (exact) mass is 536 g/mol. The molecule has 2 aliphatic heterocycles. The van der Waals surface area contributed by atoms with Crippen LogP contribution in [0.1, 0.15) is 78.1 Å². The molecule has 12 atom stereocenters. The number of esters is 1. The zero-order chi connectivity index (χ0) is 27.1. The molecule has 0 aromatic carbocycles. The van der Waals surface area contributed by atoms with E-state index < -0.39 is 41.2 Å². The van der Waals surface area contributed by atoms with E-state index in [9.17, 15) is 30.3 Å². The minimum atomic E-state index is -1.12. The summed E-state index contributed by atoms with van der Waals surface area (Å²) in [6, 6.07) is 0. The van der Waals surface area contributed by atoms with Gasteiger partial charge < -0.3 is 39.7 Å². The van der Waals surface area contributed by atoms with Gasteiger partial charge in [0.25, 0.3) is 0 Å². The van der Waals surface area contributed by atoms with Crippen molar-refractivity contribution in [2.24, 2.45) is 28.6 Å². The Bertz CT molecular complexity index is 973. The summed E-state index contributed by atoms with van der Waals surface area (Å²) >= 11 is 0. The number of hydrogen-bond donors (Lipinski definition) is 5. The molecule has 0 amide bonds. The fourth-order valence-electron chi connectivity index (χ4n) is 9.94. The van der Waals surface area contributed by atoms with Crippen LogP contribution in [-0.2, 0) is 19.0 Å². The summed E-state index contributed by atoms with van der Waals surface area (Å²) in [7, 11) is 0. The minimum Gasteiger partial charge on any atom is -0.458 e.